The van der Waals surface area contributed by atoms with Crippen LogP contribution in [0.25, 0.3) is 0 Å². The van der Waals surface area contributed by atoms with Crippen molar-refractivity contribution in [2.45, 2.75) is 38.2 Å². The van der Waals surface area contributed by atoms with E-state index >= 15 is 0 Å². The number of amides is 1. The van der Waals surface area contributed by atoms with Crippen molar-refractivity contribution in [2.24, 2.45) is 5.92 Å². The van der Waals surface area contributed by atoms with Crippen LogP contribution >= 0.6 is 11.6 Å². The maximum Gasteiger partial charge on any atom is 0.254 e. The Balaban J connectivity index is 2.02. The number of carbonyl (C=O) groups excluding carboxylic acids is 1. The smallest absolute Gasteiger partial charge is 0.254 e. The largest absolute Gasteiger partial charge is 0.398 e. The Morgan fingerprint density at radius 1 is 1.60 bits per heavy atom. The zero-order valence-corrected chi connectivity index (χ0v) is 12.4. The van der Waals surface area contributed by atoms with Crippen LogP contribution in [-0.2, 0) is 0 Å². The maximum atomic E-state index is 12.2. The molecule has 4 nitrogen and oxygen atoms in total. The van der Waals surface area contributed by atoms with Crippen LogP contribution in [0, 0.1) is 5.92 Å². The first-order valence-electron chi connectivity index (χ1n) is 6.96. The second-order valence-electron chi connectivity index (χ2n) is 5.81. The molecule has 110 valence electrons. The van der Waals surface area contributed by atoms with Crippen LogP contribution in [-0.4, -0.2) is 23.2 Å². The lowest BCUT2D eigenvalue weighted by atomic mass is 9.79. The molecule has 0 heterocycles. The average Bonchev–Trinajstić information content (AvgIpc) is 2.36. The summed E-state index contributed by atoms with van der Waals surface area (Å²) in [4.78, 5) is 12.2. The molecule has 20 heavy (non-hydrogen) atoms. The fourth-order valence-corrected chi connectivity index (χ4v) is 3.17. The number of carbonyl (C=O) groups is 1. The van der Waals surface area contributed by atoms with Crippen LogP contribution in [0.4, 0.5) is 5.69 Å². The van der Waals surface area contributed by atoms with Crippen molar-refractivity contribution in [2.75, 3.05) is 12.3 Å². The van der Waals surface area contributed by atoms with Gasteiger partial charge in [-0.1, -0.05) is 37.4 Å². The molecule has 0 radical (unpaired) electrons. The zero-order valence-electron chi connectivity index (χ0n) is 11.7. The van der Waals surface area contributed by atoms with Crippen molar-refractivity contribution < 1.29 is 9.90 Å². The normalized spacial score (nSPS) is 26.2. The minimum Gasteiger partial charge on any atom is -0.398 e. The Labute approximate surface area is 124 Å². The van der Waals surface area contributed by atoms with Crippen molar-refractivity contribution >= 4 is 23.2 Å². The molecule has 4 N–H and O–H groups in total. The van der Waals surface area contributed by atoms with Crippen molar-refractivity contribution in [1.29, 1.82) is 0 Å². The fraction of sp³-hybridized carbons (Fsp3) is 0.533. The van der Waals surface area contributed by atoms with E-state index in [1.807, 2.05) is 0 Å². The van der Waals surface area contributed by atoms with Gasteiger partial charge in [0, 0.05) is 12.2 Å². The van der Waals surface area contributed by atoms with Crippen LogP contribution in [0.2, 0.25) is 5.02 Å². The second kappa shape index (κ2) is 6.02. The molecule has 1 aromatic rings. The Morgan fingerprint density at radius 2 is 2.35 bits per heavy atom. The highest BCUT2D eigenvalue weighted by atomic mass is 35.5. The quantitative estimate of drug-likeness (QED) is 0.751. The van der Waals surface area contributed by atoms with Crippen molar-refractivity contribution in [3.8, 4) is 0 Å². The molecule has 1 aromatic carbocycles. The highest BCUT2D eigenvalue weighted by molar-refractivity contribution is 6.34. The number of benzene rings is 1. The molecule has 1 aliphatic rings. The summed E-state index contributed by atoms with van der Waals surface area (Å²) >= 11 is 6.00. The van der Waals surface area contributed by atoms with Crippen molar-refractivity contribution in [1.82, 2.24) is 5.32 Å². The Morgan fingerprint density at radius 3 is 3.00 bits per heavy atom. The standard InChI is InChI=1S/C15H21ClN2O2/c1-10-4-3-7-15(20,8-10)9-18-14(19)13-11(16)5-2-6-12(13)17/h2,5-6,10,20H,3-4,7-9,17H2,1H3,(H,18,19). The van der Waals surface area contributed by atoms with Crippen LogP contribution in [0.15, 0.2) is 18.2 Å². The lowest BCUT2D eigenvalue weighted by Gasteiger charge is -2.35. The first-order chi connectivity index (χ1) is 9.41. The van der Waals surface area contributed by atoms with Crippen LogP contribution in [0.1, 0.15) is 43.0 Å². The molecule has 2 rings (SSSR count). The summed E-state index contributed by atoms with van der Waals surface area (Å²) in [5.74, 6) is 0.149. The molecule has 1 saturated carbocycles. The van der Waals surface area contributed by atoms with Gasteiger partial charge in [-0.2, -0.15) is 0 Å². The molecule has 2 atom stereocenters. The second-order valence-corrected chi connectivity index (χ2v) is 6.22. The number of nitrogens with two attached hydrogens (primary N) is 1. The van der Waals surface area contributed by atoms with Crippen molar-refractivity contribution in [3.63, 3.8) is 0 Å². The minimum absolute atomic E-state index is 0.237. The number of anilines is 1. The van der Waals surface area contributed by atoms with Gasteiger partial charge >= 0.3 is 0 Å². The van der Waals surface area contributed by atoms with Crippen LogP contribution in [0.5, 0.6) is 0 Å². The summed E-state index contributed by atoms with van der Waals surface area (Å²) in [6, 6.07) is 4.97. The van der Waals surface area contributed by atoms with E-state index in [1.54, 1.807) is 18.2 Å². The van der Waals surface area contributed by atoms with E-state index < -0.39 is 5.60 Å². The third kappa shape index (κ3) is 3.44. The Kier molecular flexibility index (Phi) is 4.55. The monoisotopic (exact) mass is 296 g/mol. The molecule has 2 unspecified atom stereocenters. The van der Waals surface area contributed by atoms with Gasteiger partial charge in [0.05, 0.1) is 16.2 Å². The van der Waals surface area contributed by atoms with Gasteiger partial charge in [0.15, 0.2) is 0 Å². The van der Waals surface area contributed by atoms with E-state index in [2.05, 4.69) is 12.2 Å². The molecule has 0 saturated heterocycles. The number of aliphatic hydroxyl groups is 1. The molecule has 0 spiro atoms. The number of halogens is 1. The van der Waals surface area contributed by atoms with Crippen LogP contribution in [0.3, 0.4) is 0 Å². The topological polar surface area (TPSA) is 75.3 Å². The molecule has 1 fully saturated rings. The number of nitrogens with one attached hydrogen (secondary N) is 1. The van der Waals surface area contributed by atoms with Crippen LogP contribution < -0.4 is 11.1 Å². The zero-order chi connectivity index (χ0) is 14.8. The molecule has 0 aliphatic heterocycles. The molecule has 1 aliphatic carbocycles. The summed E-state index contributed by atoms with van der Waals surface area (Å²) in [5, 5.41) is 13.6. The first kappa shape index (κ1) is 15.1. The van der Waals surface area contributed by atoms with Gasteiger partial charge < -0.3 is 16.2 Å². The lowest BCUT2D eigenvalue weighted by Crippen LogP contribution is -2.45. The van der Waals surface area contributed by atoms with Gasteiger partial charge in [-0.05, 0) is 30.9 Å². The van der Waals surface area contributed by atoms with E-state index in [0.29, 0.717) is 23.0 Å². The van der Waals surface area contributed by atoms with E-state index in [9.17, 15) is 9.90 Å². The average molecular weight is 297 g/mol. The minimum atomic E-state index is -0.816. The van der Waals surface area contributed by atoms with Gasteiger partial charge in [0.1, 0.15) is 0 Å². The predicted molar refractivity (Wildman–Crippen MR) is 80.8 cm³/mol. The van der Waals surface area contributed by atoms with E-state index in [-0.39, 0.29) is 18.0 Å². The van der Waals surface area contributed by atoms with Gasteiger partial charge in [-0.25, -0.2) is 0 Å². The predicted octanol–water partition coefficient (Wildman–Crippen LogP) is 2.59. The molecule has 0 bridgehead atoms. The Hall–Kier alpha value is -1.26. The fourth-order valence-electron chi connectivity index (χ4n) is 2.91. The molecular weight excluding hydrogens is 276 g/mol. The summed E-state index contributed by atoms with van der Waals surface area (Å²) in [6.45, 7) is 2.36. The van der Waals surface area contributed by atoms with E-state index in [1.165, 1.54) is 0 Å². The maximum absolute atomic E-state index is 12.2. The van der Waals surface area contributed by atoms with Gasteiger partial charge in [-0.3, -0.25) is 4.79 Å². The number of hydrogen-bond donors (Lipinski definition) is 3. The number of hydrogen-bond acceptors (Lipinski definition) is 3. The van der Waals surface area contributed by atoms with Gasteiger partial charge in [0.2, 0.25) is 0 Å². The number of rotatable bonds is 3. The van der Waals surface area contributed by atoms with Gasteiger partial charge in [0.25, 0.3) is 5.91 Å². The van der Waals surface area contributed by atoms with Crippen molar-refractivity contribution in [3.05, 3.63) is 28.8 Å². The lowest BCUT2D eigenvalue weighted by molar-refractivity contribution is -0.0109. The summed E-state index contributed by atoms with van der Waals surface area (Å²) in [5.41, 5.74) is 5.59. The molecule has 5 heteroatoms. The third-order valence-electron chi connectivity index (χ3n) is 3.92. The third-order valence-corrected chi connectivity index (χ3v) is 4.23. The van der Waals surface area contributed by atoms with E-state index in [0.717, 1.165) is 19.3 Å². The van der Waals surface area contributed by atoms with Gasteiger partial charge in [-0.15, -0.1) is 0 Å². The Bertz CT molecular complexity index is 486. The summed E-state index contributed by atoms with van der Waals surface area (Å²) in [6.07, 6.45) is 3.55. The highest BCUT2D eigenvalue weighted by Gasteiger charge is 2.33. The summed E-state index contributed by atoms with van der Waals surface area (Å²) < 4.78 is 0. The van der Waals surface area contributed by atoms with E-state index in [4.69, 9.17) is 17.3 Å². The highest BCUT2D eigenvalue weighted by Crippen LogP contribution is 2.31. The molecular formula is C15H21ClN2O2. The SMILES string of the molecule is CC1CCCC(O)(CNC(=O)c2c(N)cccc2Cl)C1. The molecule has 0 aromatic heterocycles. The summed E-state index contributed by atoms with van der Waals surface area (Å²) in [7, 11) is 0. The number of nitrogen functional groups attached to an aromatic ring is 1. The molecule has 1 amide bonds. The first-order valence-corrected chi connectivity index (χ1v) is 7.34.